The van der Waals surface area contributed by atoms with Crippen LogP contribution < -0.4 is 5.73 Å². The second kappa shape index (κ2) is 3.31. The molecule has 0 aromatic heterocycles. The molecule has 0 spiro atoms. The lowest BCUT2D eigenvalue weighted by Gasteiger charge is -2.01. The number of nitrogen functional groups attached to an aromatic ring is 1. The highest BCUT2D eigenvalue weighted by Gasteiger charge is 1.95. The van der Waals surface area contributed by atoms with Crippen molar-refractivity contribution in [1.29, 1.82) is 0 Å². The van der Waals surface area contributed by atoms with Crippen molar-refractivity contribution in [1.82, 2.24) is 0 Å². The molecule has 13 heavy (non-hydrogen) atoms. The summed E-state index contributed by atoms with van der Waals surface area (Å²) in [4.78, 5) is 0. The smallest absolute Gasteiger partial charge is 0.0320 e. The average molecular weight is 168 g/mol. The maximum absolute atomic E-state index is 5.69. The van der Waals surface area contributed by atoms with E-state index in [1.807, 2.05) is 48.5 Å². The van der Waals surface area contributed by atoms with E-state index < -0.39 is 0 Å². The Morgan fingerprint density at radius 3 is 2.54 bits per heavy atom. The molecule has 2 aromatic carbocycles. The Morgan fingerprint density at radius 1 is 1.00 bits per heavy atom. The summed E-state index contributed by atoms with van der Waals surface area (Å²) in [6.45, 7) is 0. The number of nitrogens with two attached hydrogens (primary N) is 1. The summed E-state index contributed by atoms with van der Waals surface area (Å²) in [5, 5.41) is 0. The molecule has 0 saturated heterocycles. The third kappa shape index (κ3) is 1.70. The van der Waals surface area contributed by atoms with Gasteiger partial charge in [0, 0.05) is 5.69 Å². The SMILES string of the molecule is Nc1cccc(-c2c[c]ccc2)c1. The highest BCUT2D eigenvalue weighted by molar-refractivity contribution is 5.66. The van der Waals surface area contributed by atoms with Gasteiger partial charge >= 0.3 is 0 Å². The molecule has 0 bridgehead atoms. The van der Waals surface area contributed by atoms with E-state index in [4.69, 9.17) is 5.73 Å². The van der Waals surface area contributed by atoms with Crippen LogP contribution in [0.4, 0.5) is 5.69 Å². The standard InChI is InChI=1S/C12H10N/c13-12-8-4-7-11(9-12)10-5-2-1-3-6-10/h1-2,4-9H,13H2. The molecule has 1 nitrogen and oxygen atoms in total. The van der Waals surface area contributed by atoms with Crippen LogP contribution in [0.2, 0.25) is 0 Å². The van der Waals surface area contributed by atoms with Crippen molar-refractivity contribution in [2.24, 2.45) is 0 Å². The van der Waals surface area contributed by atoms with Crippen LogP contribution in [0.5, 0.6) is 0 Å². The van der Waals surface area contributed by atoms with Crippen molar-refractivity contribution < 1.29 is 0 Å². The molecule has 2 aromatic rings. The molecule has 0 atom stereocenters. The van der Waals surface area contributed by atoms with E-state index in [1.165, 1.54) is 0 Å². The summed E-state index contributed by atoms with van der Waals surface area (Å²) in [7, 11) is 0. The third-order valence-electron chi connectivity index (χ3n) is 1.93. The first kappa shape index (κ1) is 7.87. The lowest BCUT2D eigenvalue weighted by molar-refractivity contribution is 1.61. The van der Waals surface area contributed by atoms with E-state index >= 15 is 0 Å². The van der Waals surface area contributed by atoms with Crippen LogP contribution in [0.3, 0.4) is 0 Å². The van der Waals surface area contributed by atoms with E-state index in [0.717, 1.165) is 16.8 Å². The molecule has 2 N–H and O–H groups in total. The fourth-order valence-corrected chi connectivity index (χ4v) is 1.29. The van der Waals surface area contributed by atoms with E-state index in [-0.39, 0.29) is 0 Å². The first-order chi connectivity index (χ1) is 6.36. The number of anilines is 1. The van der Waals surface area contributed by atoms with Gasteiger partial charge in [-0.1, -0.05) is 30.3 Å². The molecular weight excluding hydrogens is 158 g/mol. The van der Waals surface area contributed by atoms with Crippen LogP contribution in [-0.4, -0.2) is 0 Å². The van der Waals surface area contributed by atoms with Gasteiger partial charge in [0.2, 0.25) is 0 Å². The zero-order valence-electron chi connectivity index (χ0n) is 7.20. The molecule has 0 heterocycles. The van der Waals surface area contributed by atoms with Gasteiger partial charge in [-0.3, -0.25) is 0 Å². The maximum Gasteiger partial charge on any atom is 0.0320 e. The second-order valence-electron chi connectivity index (χ2n) is 2.92. The van der Waals surface area contributed by atoms with Crippen molar-refractivity contribution >= 4 is 5.69 Å². The van der Waals surface area contributed by atoms with Crippen molar-refractivity contribution in [3.8, 4) is 11.1 Å². The summed E-state index contributed by atoms with van der Waals surface area (Å²) in [5.41, 5.74) is 8.76. The van der Waals surface area contributed by atoms with Crippen molar-refractivity contribution in [2.75, 3.05) is 5.73 Å². The zero-order chi connectivity index (χ0) is 9.10. The molecule has 0 unspecified atom stereocenters. The highest BCUT2D eigenvalue weighted by Crippen LogP contribution is 2.20. The number of rotatable bonds is 1. The van der Waals surface area contributed by atoms with Gasteiger partial charge in [-0.05, 0) is 35.4 Å². The average Bonchev–Trinajstić information content (AvgIpc) is 2.19. The Balaban J connectivity index is 2.48. The van der Waals surface area contributed by atoms with Crippen LogP contribution in [0.1, 0.15) is 0 Å². The van der Waals surface area contributed by atoms with Crippen molar-refractivity contribution in [3.05, 3.63) is 54.6 Å². The minimum Gasteiger partial charge on any atom is -0.399 e. The molecule has 1 radical (unpaired) electrons. The quantitative estimate of drug-likeness (QED) is 0.651. The summed E-state index contributed by atoms with van der Waals surface area (Å²) >= 11 is 0. The van der Waals surface area contributed by atoms with Crippen LogP contribution in [0.25, 0.3) is 11.1 Å². The van der Waals surface area contributed by atoms with Gasteiger partial charge < -0.3 is 5.73 Å². The Morgan fingerprint density at radius 2 is 1.85 bits per heavy atom. The van der Waals surface area contributed by atoms with Gasteiger partial charge in [0.05, 0.1) is 0 Å². The predicted molar refractivity (Wildman–Crippen MR) is 55.1 cm³/mol. The van der Waals surface area contributed by atoms with Gasteiger partial charge in [0.15, 0.2) is 0 Å². The molecule has 0 aliphatic rings. The lowest BCUT2D eigenvalue weighted by atomic mass is 10.1. The predicted octanol–water partition coefficient (Wildman–Crippen LogP) is 2.74. The third-order valence-corrected chi connectivity index (χ3v) is 1.93. The second-order valence-corrected chi connectivity index (χ2v) is 2.92. The molecule has 0 aliphatic carbocycles. The molecule has 0 saturated carbocycles. The topological polar surface area (TPSA) is 26.0 Å². The van der Waals surface area contributed by atoms with Gasteiger partial charge in [-0.25, -0.2) is 0 Å². The van der Waals surface area contributed by atoms with E-state index in [0.29, 0.717) is 0 Å². The Hall–Kier alpha value is -1.76. The number of hydrogen-bond donors (Lipinski definition) is 1. The number of benzene rings is 2. The Kier molecular flexibility index (Phi) is 2.01. The fraction of sp³-hybridized carbons (Fsp3) is 0. The van der Waals surface area contributed by atoms with E-state index in [9.17, 15) is 0 Å². The lowest BCUT2D eigenvalue weighted by Crippen LogP contribution is -1.84. The maximum atomic E-state index is 5.69. The summed E-state index contributed by atoms with van der Waals surface area (Å²) in [6, 6.07) is 18.7. The zero-order valence-corrected chi connectivity index (χ0v) is 7.20. The summed E-state index contributed by atoms with van der Waals surface area (Å²) in [5.74, 6) is 0. The van der Waals surface area contributed by atoms with Crippen LogP contribution in [0.15, 0.2) is 48.5 Å². The fourth-order valence-electron chi connectivity index (χ4n) is 1.29. The molecule has 2 rings (SSSR count). The molecule has 0 aliphatic heterocycles. The highest BCUT2D eigenvalue weighted by atomic mass is 14.5. The van der Waals surface area contributed by atoms with Crippen LogP contribution in [0, 0.1) is 6.07 Å². The van der Waals surface area contributed by atoms with E-state index in [2.05, 4.69) is 6.07 Å². The number of hydrogen-bond acceptors (Lipinski definition) is 1. The monoisotopic (exact) mass is 168 g/mol. The largest absolute Gasteiger partial charge is 0.399 e. The van der Waals surface area contributed by atoms with Gasteiger partial charge in [0.1, 0.15) is 0 Å². The van der Waals surface area contributed by atoms with E-state index in [1.54, 1.807) is 0 Å². The summed E-state index contributed by atoms with van der Waals surface area (Å²) < 4.78 is 0. The molecule has 0 fully saturated rings. The van der Waals surface area contributed by atoms with Gasteiger partial charge in [-0.15, -0.1) is 0 Å². The van der Waals surface area contributed by atoms with Crippen LogP contribution >= 0.6 is 0 Å². The normalized spacial score (nSPS) is 9.85. The van der Waals surface area contributed by atoms with Crippen LogP contribution in [-0.2, 0) is 0 Å². The molecule has 1 heteroatoms. The summed E-state index contributed by atoms with van der Waals surface area (Å²) in [6.07, 6.45) is 0. The minimum atomic E-state index is 0.793. The molecular formula is C12H10N. The molecule has 63 valence electrons. The Labute approximate surface area is 77.8 Å². The first-order valence-corrected chi connectivity index (χ1v) is 4.18. The minimum absolute atomic E-state index is 0.793. The molecule has 0 amide bonds. The van der Waals surface area contributed by atoms with Crippen molar-refractivity contribution in [3.63, 3.8) is 0 Å². The van der Waals surface area contributed by atoms with Crippen molar-refractivity contribution in [2.45, 2.75) is 0 Å². The Bertz CT molecular complexity index is 393. The van der Waals surface area contributed by atoms with Gasteiger partial charge in [-0.2, -0.15) is 0 Å². The van der Waals surface area contributed by atoms with Gasteiger partial charge in [0.25, 0.3) is 0 Å². The first-order valence-electron chi connectivity index (χ1n) is 4.18.